The zero-order chi connectivity index (χ0) is 12.3. The summed E-state index contributed by atoms with van der Waals surface area (Å²) in [6.45, 7) is 5.29. The molecule has 1 fully saturated rings. The van der Waals surface area contributed by atoms with Crippen LogP contribution in [0.1, 0.15) is 38.7 Å². The third-order valence-electron chi connectivity index (χ3n) is 3.66. The molecule has 2 unspecified atom stereocenters. The molecule has 17 heavy (non-hydrogen) atoms. The molecule has 0 amide bonds. The molecule has 2 N–H and O–H groups in total. The Bertz CT molecular complexity index is 354. The summed E-state index contributed by atoms with van der Waals surface area (Å²) in [6, 6.07) is 7.96. The predicted octanol–water partition coefficient (Wildman–Crippen LogP) is 3.61. The topological polar surface area (TPSA) is 35.2 Å². The van der Waals surface area contributed by atoms with Gasteiger partial charge in [0, 0.05) is 11.3 Å². The third-order valence-corrected chi connectivity index (χ3v) is 3.66. The van der Waals surface area contributed by atoms with E-state index in [-0.39, 0.29) is 0 Å². The van der Waals surface area contributed by atoms with Crippen molar-refractivity contribution in [3.63, 3.8) is 0 Å². The molecule has 94 valence electrons. The summed E-state index contributed by atoms with van der Waals surface area (Å²) in [6.07, 6.45) is 4.13. The zero-order valence-corrected chi connectivity index (χ0v) is 10.9. The molecule has 2 rings (SSSR count). The molecule has 1 aliphatic carbocycles. The average Bonchev–Trinajstić information content (AvgIpc) is 2.27. The molecule has 2 heteroatoms. The number of benzene rings is 1. The highest BCUT2D eigenvalue weighted by molar-refractivity contribution is 5.45. The van der Waals surface area contributed by atoms with Gasteiger partial charge in [-0.15, -0.1) is 0 Å². The van der Waals surface area contributed by atoms with E-state index in [1.165, 1.54) is 19.3 Å². The molecule has 2 atom stereocenters. The summed E-state index contributed by atoms with van der Waals surface area (Å²) in [5.41, 5.74) is 7.86. The molecule has 0 bridgehead atoms. The Hall–Kier alpha value is -1.02. The van der Waals surface area contributed by atoms with Crippen molar-refractivity contribution in [3.05, 3.63) is 29.8 Å². The van der Waals surface area contributed by atoms with Gasteiger partial charge in [0.15, 0.2) is 0 Å². The van der Waals surface area contributed by atoms with E-state index in [2.05, 4.69) is 13.8 Å². The largest absolute Gasteiger partial charge is 0.398 e. The van der Waals surface area contributed by atoms with Crippen molar-refractivity contribution in [2.45, 2.75) is 45.8 Å². The molecule has 1 saturated carbocycles. The van der Waals surface area contributed by atoms with Gasteiger partial charge in [0.2, 0.25) is 0 Å². The second-order valence-electron chi connectivity index (χ2n) is 5.55. The van der Waals surface area contributed by atoms with Gasteiger partial charge in [-0.1, -0.05) is 32.0 Å². The smallest absolute Gasteiger partial charge is 0.0740 e. The Morgan fingerprint density at radius 3 is 2.41 bits per heavy atom. The van der Waals surface area contributed by atoms with E-state index in [9.17, 15) is 0 Å². The number of para-hydroxylation sites is 1. The lowest BCUT2D eigenvalue weighted by Gasteiger charge is -2.31. The minimum Gasteiger partial charge on any atom is -0.398 e. The number of nitrogens with two attached hydrogens (primary N) is 1. The standard InChI is InChI=1S/C15H23NO/c1-11-7-12(2)9-14(8-11)17-10-13-5-3-4-6-15(13)16/h3-6,11-12,14H,7-10,16H2,1-2H3. The molecule has 0 radical (unpaired) electrons. The molecular formula is C15H23NO. The quantitative estimate of drug-likeness (QED) is 0.809. The minimum atomic E-state index is 0.411. The van der Waals surface area contributed by atoms with Crippen LogP contribution in [-0.2, 0) is 11.3 Å². The summed E-state index contributed by atoms with van der Waals surface area (Å²) < 4.78 is 6.01. The Balaban J connectivity index is 1.88. The number of hydrogen-bond donors (Lipinski definition) is 1. The van der Waals surface area contributed by atoms with Crippen LogP contribution in [0, 0.1) is 11.8 Å². The molecule has 0 aromatic heterocycles. The molecule has 1 aromatic rings. The van der Waals surface area contributed by atoms with Crippen molar-refractivity contribution in [2.24, 2.45) is 11.8 Å². The van der Waals surface area contributed by atoms with Crippen LogP contribution < -0.4 is 5.73 Å². The fourth-order valence-electron chi connectivity index (χ4n) is 2.88. The molecule has 0 aliphatic heterocycles. The van der Waals surface area contributed by atoms with E-state index < -0.39 is 0 Å². The highest BCUT2D eigenvalue weighted by Crippen LogP contribution is 2.31. The summed E-state index contributed by atoms with van der Waals surface area (Å²) >= 11 is 0. The third kappa shape index (κ3) is 3.47. The lowest BCUT2D eigenvalue weighted by atomic mass is 9.82. The second kappa shape index (κ2) is 5.54. The first-order valence-electron chi connectivity index (χ1n) is 6.60. The summed E-state index contributed by atoms with van der Waals surface area (Å²) in [5.74, 6) is 1.58. The highest BCUT2D eigenvalue weighted by atomic mass is 16.5. The van der Waals surface area contributed by atoms with Crippen molar-refractivity contribution < 1.29 is 4.74 Å². The van der Waals surface area contributed by atoms with Gasteiger partial charge in [-0.25, -0.2) is 0 Å². The first-order chi connectivity index (χ1) is 8.15. The van der Waals surface area contributed by atoms with Gasteiger partial charge in [-0.2, -0.15) is 0 Å². The van der Waals surface area contributed by atoms with Crippen LogP contribution in [0.4, 0.5) is 5.69 Å². The Labute approximate surface area is 104 Å². The minimum absolute atomic E-state index is 0.411. The van der Waals surface area contributed by atoms with E-state index in [0.717, 1.165) is 23.1 Å². The van der Waals surface area contributed by atoms with Crippen molar-refractivity contribution in [1.82, 2.24) is 0 Å². The van der Waals surface area contributed by atoms with Gasteiger partial charge >= 0.3 is 0 Å². The zero-order valence-electron chi connectivity index (χ0n) is 10.9. The maximum absolute atomic E-state index is 6.01. The van der Waals surface area contributed by atoms with E-state index in [4.69, 9.17) is 10.5 Å². The monoisotopic (exact) mass is 233 g/mol. The number of anilines is 1. The highest BCUT2D eigenvalue weighted by Gasteiger charge is 2.24. The van der Waals surface area contributed by atoms with Crippen LogP contribution in [0.5, 0.6) is 0 Å². The van der Waals surface area contributed by atoms with Crippen molar-refractivity contribution >= 4 is 5.69 Å². The molecule has 2 nitrogen and oxygen atoms in total. The van der Waals surface area contributed by atoms with E-state index >= 15 is 0 Å². The number of rotatable bonds is 3. The van der Waals surface area contributed by atoms with Gasteiger partial charge in [0.1, 0.15) is 0 Å². The molecular weight excluding hydrogens is 210 g/mol. The fourth-order valence-corrected chi connectivity index (χ4v) is 2.88. The normalized spacial score (nSPS) is 29.2. The van der Waals surface area contributed by atoms with Gasteiger partial charge < -0.3 is 10.5 Å². The lowest BCUT2D eigenvalue weighted by Crippen LogP contribution is -2.26. The Morgan fingerprint density at radius 1 is 1.12 bits per heavy atom. The average molecular weight is 233 g/mol. The fraction of sp³-hybridized carbons (Fsp3) is 0.600. The summed E-state index contributed by atoms with van der Waals surface area (Å²) in [7, 11) is 0. The van der Waals surface area contributed by atoms with Crippen LogP contribution in [-0.4, -0.2) is 6.10 Å². The summed E-state index contributed by atoms with van der Waals surface area (Å²) in [5, 5.41) is 0. The molecule has 1 aliphatic rings. The maximum Gasteiger partial charge on any atom is 0.0740 e. The maximum atomic E-state index is 6.01. The van der Waals surface area contributed by atoms with Gasteiger partial charge in [-0.3, -0.25) is 0 Å². The second-order valence-corrected chi connectivity index (χ2v) is 5.55. The van der Waals surface area contributed by atoms with E-state index in [0.29, 0.717) is 12.7 Å². The van der Waals surface area contributed by atoms with E-state index in [1.807, 2.05) is 24.3 Å². The molecule has 0 saturated heterocycles. The molecule has 0 heterocycles. The van der Waals surface area contributed by atoms with Crippen LogP contribution in [0.15, 0.2) is 24.3 Å². The van der Waals surface area contributed by atoms with Gasteiger partial charge in [0.05, 0.1) is 12.7 Å². The van der Waals surface area contributed by atoms with Crippen LogP contribution in [0.3, 0.4) is 0 Å². The molecule has 0 spiro atoms. The number of ether oxygens (including phenoxy) is 1. The SMILES string of the molecule is CC1CC(C)CC(OCc2ccccc2N)C1. The number of nitrogen functional groups attached to an aromatic ring is 1. The van der Waals surface area contributed by atoms with Crippen molar-refractivity contribution in [2.75, 3.05) is 5.73 Å². The molecule has 1 aromatic carbocycles. The predicted molar refractivity (Wildman–Crippen MR) is 71.6 cm³/mol. The van der Waals surface area contributed by atoms with Crippen molar-refractivity contribution in [3.8, 4) is 0 Å². The lowest BCUT2D eigenvalue weighted by molar-refractivity contribution is -0.00892. The van der Waals surface area contributed by atoms with Crippen molar-refractivity contribution in [1.29, 1.82) is 0 Å². The van der Waals surface area contributed by atoms with E-state index in [1.54, 1.807) is 0 Å². The van der Waals surface area contributed by atoms with Gasteiger partial charge in [-0.05, 0) is 37.2 Å². The first-order valence-corrected chi connectivity index (χ1v) is 6.60. The Kier molecular flexibility index (Phi) is 4.06. The van der Waals surface area contributed by atoms with Crippen LogP contribution in [0.2, 0.25) is 0 Å². The summed E-state index contributed by atoms with van der Waals surface area (Å²) in [4.78, 5) is 0. The number of hydrogen-bond acceptors (Lipinski definition) is 2. The first kappa shape index (κ1) is 12.4. The van der Waals surface area contributed by atoms with Gasteiger partial charge in [0.25, 0.3) is 0 Å². The van der Waals surface area contributed by atoms with Crippen LogP contribution >= 0.6 is 0 Å². The van der Waals surface area contributed by atoms with Crippen LogP contribution in [0.25, 0.3) is 0 Å². The Morgan fingerprint density at radius 2 is 1.76 bits per heavy atom.